The van der Waals surface area contributed by atoms with E-state index in [1.807, 2.05) is 24.3 Å². The Morgan fingerprint density at radius 1 is 1.13 bits per heavy atom. The number of hydrogen-bond acceptors (Lipinski definition) is 6. The van der Waals surface area contributed by atoms with Gasteiger partial charge in [-0.3, -0.25) is 0 Å². The Hall–Kier alpha value is -0.770. The predicted octanol–water partition coefficient (Wildman–Crippen LogP) is 5.09. The predicted molar refractivity (Wildman–Crippen MR) is 99.5 cm³/mol. The van der Waals surface area contributed by atoms with Gasteiger partial charge in [-0.25, -0.2) is 4.98 Å². The standard InChI is InChI=1S/C14H13Br2N5S2/c1-14(2,3)10-11(16)22-13(17-10)23-12-18-19-20-21(12)9-6-4-8(15)5-7-9/h4-7H,1-3H3. The summed E-state index contributed by atoms with van der Waals surface area (Å²) in [5.41, 5.74) is 1.95. The molecule has 0 spiro atoms. The van der Waals surface area contributed by atoms with Crippen molar-refractivity contribution in [3.8, 4) is 5.69 Å². The van der Waals surface area contributed by atoms with Crippen LogP contribution in [0.4, 0.5) is 0 Å². The highest BCUT2D eigenvalue weighted by molar-refractivity contribution is 9.11. The molecule has 3 rings (SSSR count). The number of hydrogen-bond donors (Lipinski definition) is 0. The number of halogens is 2. The summed E-state index contributed by atoms with van der Waals surface area (Å²) in [5, 5.41) is 12.7. The van der Waals surface area contributed by atoms with E-state index in [0.717, 1.165) is 24.0 Å². The third-order valence-electron chi connectivity index (χ3n) is 2.97. The van der Waals surface area contributed by atoms with Crippen molar-refractivity contribution in [2.75, 3.05) is 0 Å². The molecule has 0 N–H and O–H groups in total. The van der Waals surface area contributed by atoms with E-state index >= 15 is 0 Å². The minimum atomic E-state index is -0.00816. The van der Waals surface area contributed by atoms with Gasteiger partial charge in [-0.2, -0.15) is 4.68 Å². The van der Waals surface area contributed by atoms with Crippen molar-refractivity contribution >= 4 is 55.0 Å². The van der Waals surface area contributed by atoms with E-state index in [9.17, 15) is 0 Å². The average molecular weight is 475 g/mol. The molecule has 9 heteroatoms. The fourth-order valence-corrected chi connectivity index (χ4v) is 5.56. The first-order valence-corrected chi connectivity index (χ1v) is 9.95. The van der Waals surface area contributed by atoms with Crippen molar-refractivity contribution in [3.05, 3.63) is 38.2 Å². The molecule has 3 aromatic rings. The van der Waals surface area contributed by atoms with E-state index in [-0.39, 0.29) is 5.41 Å². The number of rotatable bonds is 3. The molecule has 0 unspecified atom stereocenters. The summed E-state index contributed by atoms with van der Waals surface area (Å²) in [7, 11) is 0. The third kappa shape index (κ3) is 3.84. The minimum absolute atomic E-state index is 0.00816. The fraction of sp³-hybridized carbons (Fsp3) is 0.286. The van der Waals surface area contributed by atoms with Crippen LogP contribution >= 0.6 is 55.0 Å². The molecule has 0 aliphatic heterocycles. The third-order valence-corrected chi connectivity index (χ3v) is 6.20. The van der Waals surface area contributed by atoms with Gasteiger partial charge in [0, 0.05) is 9.89 Å². The fourth-order valence-electron chi connectivity index (χ4n) is 1.85. The van der Waals surface area contributed by atoms with Crippen LogP contribution in [0.2, 0.25) is 0 Å². The Bertz CT molecular complexity index is 821. The maximum Gasteiger partial charge on any atom is 0.221 e. The van der Waals surface area contributed by atoms with Crippen LogP contribution < -0.4 is 0 Å². The summed E-state index contributed by atoms with van der Waals surface area (Å²) in [6.07, 6.45) is 0. The molecule has 2 aromatic heterocycles. The van der Waals surface area contributed by atoms with Gasteiger partial charge in [0.25, 0.3) is 0 Å². The van der Waals surface area contributed by atoms with Crippen LogP contribution in [0.3, 0.4) is 0 Å². The molecule has 0 amide bonds. The first kappa shape index (κ1) is 17.1. The first-order valence-electron chi connectivity index (χ1n) is 6.73. The van der Waals surface area contributed by atoms with Crippen molar-refractivity contribution in [1.29, 1.82) is 0 Å². The molecule has 0 bridgehead atoms. The Kier molecular flexibility index (Phi) is 4.91. The van der Waals surface area contributed by atoms with Gasteiger partial charge >= 0.3 is 0 Å². The largest absolute Gasteiger partial charge is 0.232 e. The van der Waals surface area contributed by atoms with E-state index in [4.69, 9.17) is 4.98 Å². The molecule has 0 saturated heterocycles. The topological polar surface area (TPSA) is 56.5 Å². The SMILES string of the molecule is CC(C)(C)c1nc(Sc2nnnn2-c2ccc(Br)cc2)sc1Br. The molecule has 5 nitrogen and oxygen atoms in total. The van der Waals surface area contributed by atoms with Crippen molar-refractivity contribution < 1.29 is 0 Å². The zero-order valence-corrected chi connectivity index (χ0v) is 17.4. The zero-order chi connectivity index (χ0) is 16.6. The highest BCUT2D eigenvalue weighted by Crippen LogP contribution is 2.39. The van der Waals surface area contributed by atoms with Gasteiger partial charge in [-0.1, -0.05) is 48.0 Å². The molecular weight excluding hydrogens is 462 g/mol. The van der Waals surface area contributed by atoms with Crippen LogP contribution in [0.1, 0.15) is 26.5 Å². The van der Waals surface area contributed by atoms with Crippen molar-refractivity contribution in [3.63, 3.8) is 0 Å². The lowest BCUT2D eigenvalue weighted by atomic mass is 9.93. The highest BCUT2D eigenvalue weighted by atomic mass is 79.9. The second-order valence-electron chi connectivity index (χ2n) is 5.80. The monoisotopic (exact) mass is 473 g/mol. The van der Waals surface area contributed by atoms with Gasteiger partial charge in [-0.15, -0.1) is 5.10 Å². The number of benzene rings is 1. The Morgan fingerprint density at radius 2 is 1.83 bits per heavy atom. The molecular formula is C14H13Br2N5S2. The smallest absolute Gasteiger partial charge is 0.221 e. The lowest BCUT2D eigenvalue weighted by Crippen LogP contribution is -2.12. The van der Waals surface area contributed by atoms with Crippen LogP contribution in [0, 0.1) is 0 Å². The van der Waals surface area contributed by atoms with Crippen molar-refractivity contribution in [1.82, 2.24) is 25.2 Å². The molecule has 0 atom stereocenters. The van der Waals surface area contributed by atoms with Gasteiger partial charge in [0.05, 0.1) is 15.2 Å². The lowest BCUT2D eigenvalue weighted by Gasteiger charge is -2.15. The summed E-state index contributed by atoms with van der Waals surface area (Å²) in [6.45, 7) is 6.44. The molecule has 2 heterocycles. The van der Waals surface area contributed by atoms with Gasteiger partial charge in [0.15, 0.2) is 4.34 Å². The summed E-state index contributed by atoms with van der Waals surface area (Å²) < 4.78 is 4.69. The zero-order valence-electron chi connectivity index (χ0n) is 12.6. The minimum Gasteiger partial charge on any atom is -0.232 e. The van der Waals surface area contributed by atoms with Crippen LogP contribution in [0.25, 0.3) is 5.69 Å². The van der Waals surface area contributed by atoms with E-state index in [0.29, 0.717) is 5.16 Å². The van der Waals surface area contributed by atoms with Gasteiger partial charge in [0.1, 0.15) is 0 Å². The van der Waals surface area contributed by atoms with E-state index in [1.165, 1.54) is 11.8 Å². The molecule has 0 fully saturated rings. The van der Waals surface area contributed by atoms with Crippen LogP contribution in [0.5, 0.6) is 0 Å². The Balaban J connectivity index is 1.90. The van der Waals surface area contributed by atoms with Crippen LogP contribution in [-0.2, 0) is 5.41 Å². The normalized spacial score (nSPS) is 11.9. The van der Waals surface area contributed by atoms with Crippen molar-refractivity contribution in [2.45, 2.75) is 35.7 Å². The molecule has 1 aromatic carbocycles. The maximum absolute atomic E-state index is 4.72. The number of thiazole rings is 1. The summed E-state index contributed by atoms with van der Waals surface area (Å²) in [4.78, 5) is 4.72. The van der Waals surface area contributed by atoms with E-state index in [2.05, 4.69) is 68.2 Å². The second-order valence-corrected chi connectivity index (χ2v) is 10.3. The maximum atomic E-state index is 4.72. The Morgan fingerprint density at radius 3 is 2.43 bits per heavy atom. The molecule has 120 valence electrons. The van der Waals surface area contributed by atoms with Gasteiger partial charge in [-0.05, 0) is 62.4 Å². The summed E-state index contributed by atoms with van der Waals surface area (Å²) in [5.74, 6) is 0. The van der Waals surface area contributed by atoms with E-state index < -0.39 is 0 Å². The number of nitrogens with zero attached hydrogens (tertiary/aromatic N) is 5. The van der Waals surface area contributed by atoms with Crippen molar-refractivity contribution in [2.24, 2.45) is 0 Å². The quantitative estimate of drug-likeness (QED) is 0.528. The number of tetrazole rings is 1. The first-order chi connectivity index (χ1) is 10.8. The lowest BCUT2D eigenvalue weighted by molar-refractivity contribution is 0.566. The molecule has 0 saturated carbocycles. The van der Waals surface area contributed by atoms with E-state index in [1.54, 1.807) is 16.0 Å². The molecule has 0 aliphatic rings. The number of aromatic nitrogens is 5. The van der Waals surface area contributed by atoms with Gasteiger partial charge in [0.2, 0.25) is 5.16 Å². The molecule has 0 aliphatic carbocycles. The molecule has 23 heavy (non-hydrogen) atoms. The second kappa shape index (κ2) is 6.62. The summed E-state index contributed by atoms with van der Waals surface area (Å²) in [6, 6.07) is 7.85. The van der Waals surface area contributed by atoms with Gasteiger partial charge < -0.3 is 0 Å². The van der Waals surface area contributed by atoms with Crippen LogP contribution in [0.15, 0.2) is 42.0 Å². The molecule has 0 radical (unpaired) electrons. The van der Waals surface area contributed by atoms with Crippen LogP contribution in [-0.4, -0.2) is 25.2 Å². The highest BCUT2D eigenvalue weighted by Gasteiger charge is 2.23. The Labute approximate surface area is 159 Å². The summed E-state index contributed by atoms with van der Waals surface area (Å²) >= 11 is 10.1. The average Bonchev–Trinajstić information content (AvgIpc) is 3.06.